The second-order valence-corrected chi connectivity index (χ2v) is 11.3. The molecule has 1 heterocycles. The first-order valence-electron chi connectivity index (χ1n) is 11.7. The van der Waals surface area contributed by atoms with Crippen LogP contribution in [0.5, 0.6) is 5.75 Å². The van der Waals surface area contributed by atoms with Gasteiger partial charge in [-0.3, -0.25) is 4.79 Å². The lowest BCUT2D eigenvalue weighted by Crippen LogP contribution is -2.30. The fourth-order valence-electron chi connectivity index (χ4n) is 4.15. The van der Waals surface area contributed by atoms with Crippen molar-refractivity contribution in [2.24, 2.45) is 0 Å². The Labute approximate surface area is 208 Å². The second kappa shape index (κ2) is 11.3. The molecule has 190 valence electrons. The Morgan fingerprint density at radius 1 is 1.03 bits per heavy atom. The lowest BCUT2D eigenvalue weighted by atomic mass is 10.1. The highest BCUT2D eigenvalue weighted by molar-refractivity contribution is 7.89. The number of likely N-dealkylation sites (N-methyl/N-ethyl adjacent to an activating group) is 1. The Morgan fingerprint density at radius 3 is 2.34 bits per heavy atom. The summed E-state index contributed by atoms with van der Waals surface area (Å²) in [5, 5.41) is 0. The zero-order chi connectivity index (χ0) is 25.8. The van der Waals surface area contributed by atoms with E-state index in [1.807, 2.05) is 32.6 Å². The Bertz CT molecular complexity index is 1270. The number of ether oxygens (including phenoxy) is 1. The number of hydrogen-bond donors (Lipinski definition) is 0. The number of Topliss-reactive ketones (excluding diaryl/α,β-unsaturated/α-hetero) is 1. The smallest absolute Gasteiger partial charge is 0.243 e. The number of carbonyl (C=O) groups is 1. The molecule has 0 spiro atoms. The number of hydrogen-bond acceptors (Lipinski definition) is 6. The van der Waals surface area contributed by atoms with Gasteiger partial charge >= 0.3 is 0 Å². The highest BCUT2D eigenvalue weighted by Gasteiger charge is 2.25. The summed E-state index contributed by atoms with van der Waals surface area (Å²) in [4.78, 5) is 19.5. The van der Waals surface area contributed by atoms with Gasteiger partial charge in [-0.05, 0) is 75.3 Å². The van der Waals surface area contributed by atoms with E-state index in [0.717, 1.165) is 29.7 Å². The molecule has 0 radical (unpaired) electrons. The van der Waals surface area contributed by atoms with Crippen molar-refractivity contribution in [1.82, 2.24) is 18.8 Å². The maximum absolute atomic E-state index is 13.2. The Hall–Kier alpha value is -2.75. The number of rotatable bonds is 12. The summed E-state index contributed by atoms with van der Waals surface area (Å²) in [5.74, 6) is 0.659. The van der Waals surface area contributed by atoms with Crippen LogP contribution in [0.15, 0.2) is 41.6 Å². The quantitative estimate of drug-likeness (QED) is 0.379. The first kappa shape index (κ1) is 26.8. The van der Waals surface area contributed by atoms with E-state index in [0.29, 0.717) is 29.7 Å². The molecule has 0 N–H and O–H groups in total. The van der Waals surface area contributed by atoms with E-state index in [1.165, 1.54) is 11.4 Å². The number of carbonyl (C=O) groups excluding carboxylic acids is 1. The van der Waals surface area contributed by atoms with Gasteiger partial charge in [-0.25, -0.2) is 17.7 Å². The van der Waals surface area contributed by atoms with Crippen molar-refractivity contribution >= 4 is 26.8 Å². The van der Waals surface area contributed by atoms with Crippen LogP contribution in [0, 0.1) is 13.8 Å². The molecular formula is C26H36N4O4S. The summed E-state index contributed by atoms with van der Waals surface area (Å²) in [5.41, 5.74) is 4.33. The first-order chi connectivity index (χ1) is 16.5. The summed E-state index contributed by atoms with van der Waals surface area (Å²) >= 11 is 0. The first-order valence-corrected chi connectivity index (χ1v) is 13.2. The second-order valence-electron chi connectivity index (χ2n) is 9.27. The normalized spacial score (nSPS) is 12.1. The third-order valence-electron chi connectivity index (χ3n) is 6.21. The summed E-state index contributed by atoms with van der Waals surface area (Å²) in [6.07, 6.45) is 3.01. The number of sulfonamides is 1. The molecule has 3 aromatic rings. The van der Waals surface area contributed by atoms with Gasteiger partial charge in [0, 0.05) is 39.5 Å². The van der Waals surface area contributed by atoms with Crippen molar-refractivity contribution in [3.63, 3.8) is 0 Å². The largest absolute Gasteiger partial charge is 0.497 e. The highest BCUT2D eigenvalue weighted by atomic mass is 32.2. The van der Waals surface area contributed by atoms with Crippen molar-refractivity contribution in [3.05, 3.63) is 53.3 Å². The van der Waals surface area contributed by atoms with Gasteiger partial charge in [-0.2, -0.15) is 0 Å². The van der Waals surface area contributed by atoms with E-state index in [9.17, 15) is 13.2 Å². The predicted molar refractivity (Wildman–Crippen MR) is 139 cm³/mol. The molecule has 9 heteroatoms. The van der Waals surface area contributed by atoms with Gasteiger partial charge in [0.1, 0.15) is 11.5 Å². The van der Waals surface area contributed by atoms with E-state index in [-0.39, 0.29) is 23.6 Å². The third-order valence-corrected chi connectivity index (χ3v) is 8.37. The minimum Gasteiger partial charge on any atom is -0.497 e. The third kappa shape index (κ3) is 6.48. The molecule has 3 rings (SSSR count). The van der Waals surface area contributed by atoms with Crippen LogP contribution in [0.2, 0.25) is 0 Å². The number of methoxy groups -OCH3 is 1. The molecule has 1 aromatic heterocycles. The lowest BCUT2D eigenvalue weighted by molar-refractivity contribution is -0.119. The highest BCUT2D eigenvalue weighted by Crippen LogP contribution is 2.28. The molecule has 0 aliphatic heterocycles. The van der Waals surface area contributed by atoms with Crippen LogP contribution < -0.4 is 4.74 Å². The number of imidazole rings is 1. The maximum Gasteiger partial charge on any atom is 0.243 e. The van der Waals surface area contributed by atoms with E-state index in [2.05, 4.69) is 20.5 Å². The molecule has 2 aromatic carbocycles. The van der Waals surface area contributed by atoms with E-state index in [1.54, 1.807) is 33.1 Å². The Kier molecular flexibility index (Phi) is 8.69. The van der Waals surface area contributed by atoms with Crippen molar-refractivity contribution in [1.29, 1.82) is 0 Å². The molecule has 0 amide bonds. The van der Waals surface area contributed by atoms with Gasteiger partial charge < -0.3 is 14.2 Å². The molecule has 0 atom stereocenters. The van der Waals surface area contributed by atoms with Crippen molar-refractivity contribution in [2.45, 2.75) is 44.6 Å². The van der Waals surface area contributed by atoms with Gasteiger partial charge in [-0.15, -0.1) is 0 Å². The number of aromatic nitrogens is 2. The Balaban J connectivity index is 1.59. The van der Waals surface area contributed by atoms with Crippen LogP contribution >= 0.6 is 0 Å². The molecule has 0 bridgehead atoms. The van der Waals surface area contributed by atoms with Gasteiger partial charge in [-0.1, -0.05) is 6.07 Å². The van der Waals surface area contributed by atoms with Crippen LogP contribution in [-0.2, 0) is 27.8 Å². The average Bonchev–Trinajstić information content (AvgIpc) is 3.21. The van der Waals surface area contributed by atoms with E-state index < -0.39 is 10.0 Å². The van der Waals surface area contributed by atoms with Crippen LogP contribution in [0.25, 0.3) is 11.0 Å². The van der Waals surface area contributed by atoms with Gasteiger partial charge in [0.05, 0.1) is 29.4 Å². The maximum atomic E-state index is 13.2. The van der Waals surface area contributed by atoms with Crippen LogP contribution in [0.1, 0.15) is 29.5 Å². The van der Waals surface area contributed by atoms with Crippen LogP contribution in [-0.4, -0.2) is 74.3 Å². The summed E-state index contributed by atoms with van der Waals surface area (Å²) in [6, 6.07) is 9.51. The van der Waals surface area contributed by atoms with Crippen LogP contribution in [0.4, 0.5) is 0 Å². The van der Waals surface area contributed by atoms with Gasteiger partial charge in [0.15, 0.2) is 0 Å². The zero-order valence-corrected chi connectivity index (χ0v) is 22.4. The summed E-state index contributed by atoms with van der Waals surface area (Å²) in [6.45, 7) is 5.41. The Morgan fingerprint density at radius 2 is 1.71 bits per heavy atom. The van der Waals surface area contributed by atoms with Crippen LogP contribution in [0.3, 0.4) is 0 Å². The number of nitrogens with zero attached hydrogens (tertiary/aromatic N) is 4. The minimum atomic E-state index is -3.71. The topological polar surface area (TPSA) is 84.7 Å². The van der Waals surface area contributed by atoms with Gasteiger partial charge in [0.2, 0.25) is 10.0 Å². The summed E-state index contributed by atoms with van der Waals surface area (Å²) < 4.78 is 34.9. The fourth-order valence-corrected chi connectivity index (χ4v) is 5.72. The number of fused-ring (bicyclic) bond motifs is 1. The van der Waals surface area contributed by atoms with Crippen molar-refractivity contribution in [3.8, 4) is 5.75 Å². The molecule has 0 aliphatic carbocycles. The molecule has 8 nitrogen and oxygen atoms in total. The monoisotopic (exact) mass is 500 g/mol. The zero-order valence-electron chi connectivity index (χ0n) is 21.5. The number of benzene rings is 2. The molecule has 35 heavy (non-hydrogen) atoms. The molecule has 0 unspecified atom stereocenters. The SMILES string of the molecule is COc1cc(C)c(S(=O)(=O)N(C)CCC(=O)CCc2ccc3ncn(CCN(C)C)c3c2)c(C)c1. The number of aryl methyl sites for hydroxylation is 3. The van der Waals surface area contributed by atoms with E-state index >= 15 is 0 Å². The van der Waals surface area contributed by atoms with Crippen molar-refractivity contribution < 1.29 is 17.9 Å². The van der Waals surface area contributed by atoms with E-state index in [4.69, 9.17) is 4.74 Å². The molecular weight excluding hydrogens is 464 g/mol. The minimum absolute atomic E-state index is 0.0384. The molecule has 0 fully saturated rings. The van der Waals surface area contributed by atoms with Crippen molar-refractivity contribution in [2.75, 3.05) is 41.3 Å². The molecule has 0 saturated heterocycles. The fraction of sp³-hybridized carbons (Fsp3) is 0.462. The molecule has 0 saturated carbocycles. The average molecular weight is 501 g/mol. The predicted octanol–water partition coefficient (Wildman–Crippen LogP) is 3.44. The molecule has 0 aliphatic rings. The summed E-state index contributed by atoms with van der Waals surface area (Å²) in [7, 11) is 3.45. The van der Waals surface area contributed by atoms with Gasteiger partial charge in [0.25, 0.3) is 0 Å². The lowest BCUT2D eigenvalue weighted by Gasteiger charge is -2.20. The number of ketones is 1. The standard InChI is InChI=1S/C26H36N4O4S/c1-19-15-23(34-6)16-20(2)26(19)35(32,33)29(5)12-11-22(31)9-7-21-8-10-24-25(17-21)30(18-27-24)14-13-28(3)4/h8,10,15-18H,7,9,11-14H2,1-6H3.